The van der Waals surface area contributed by atoms with Crippen LogP contribution in [0.25, 0.3) is 0 Å². The van der Waals surface area contributed by atoms with Gasteiger partial charge in [-0.3, -0.25) is 4.79 Å². The van der Waals surface area contributed by atoms with E-state index in [0.717, 1.165) is 44.4 Å². The molecule has 128 valence electrons. The van der Waals surface area contributed by atoms with Crippen molar-refractivity contribution in [1.29, 1.82) is 0 Å². The predicted molar refractivity (Wildman–Crippen MR) is 84.8 cm³/mol. The summed E-state index contributed by atoms with van der Waals surface area (Å²) >= 11 is 0. The number of hydrogen-bond acceptors (Lipinski definition) is 5. The van der Waals surface area contributed by atoms with Crippen LogP contribution in [0.4, 0.5) is 0 Å². The zero-order chi connectivity index (χ0) is 16.1. The van der Waals surface area contributed by atoms with E-state index in [1.54, 1.807) is 0 Å². The van der Waals surface area contributed by atoms with Gasteiger partial charge in [0.15, 0.2) is 0 Å². The van der Waals surface area contributed by atoms with Crippen molar-refractivity contribution >= 4 is 5.91 Å². The van der Waals surface area contributed by atoms with Gasteiger partial charge in [0, 0.05) is 37.3 Å². The van der Waals surface area contributed by atoms with Crippen molar-refractivity contribution in [3.63, 3.8) is 0 Å². The van der Waals surface area contributed by atoms with Gasteiger partial charge in [-0.15, -0.1) is 10.2 Å². The number of aliphatic hydroxyl groups is 1. The molecule has 2 atom stereocenters. The molecule has 0 saturated heterocycles. The Morgan fingerprint density at radius 1 is 1.13 bits per heavy atom. The second-order valence-electron chi connectivity index (χ2n) is 6.92. The summed E-state index contributed by atoms with van der Waals surface area (Å²) in [4.78, 5) is 12.1. The molecule has 2 unspecified atom stereocenters. The zero-order valence-electron chi connectivity index (χ0n) is 13.7. The van der Waals surface area contributed by atoms with Gasteiger partial charge in [0.1, 0.15) is 0 Å². The van der Waals surface area contributed by atoms with Gasteiger partial charge >= 0.3 is 0 Å². The van der Waals surface area contributed by atoms with Crippen molar-refractivity contribution in [1.82, 2.24) is 15.5 Å². The molecule has 2 saturated carbocycles. The van der Waals surface area contributed by atoms with Gasteiger partial charge in [-0.05, 0) is 25.7 Å². The Morgan fingerprint density at radius 2 is 1.87 bits per heavy atom. The molecule has 0 aromatic carbocycles. The number of nitrogens with zero attached hydrogens (tertiary/aromatic N) is 2. The summed E-state index contributed by atoms with van der Waals surface area (Å²) in [6.07, 6.45) is 9.80. The molecule has 0 radical (unpaired) electrons. The molecule has 0 bridgehead atoms. The molecule has 0 aliphatic heterocycles. The van der Waals surface area contributed by atoms with E-state index in [1.165, 1.54) is 12.8 Å². The van der Waals surface area contributed by atoms with Crippen LogP contribution in [-0.2, 0) is 11.2 Å². The van der Waals surface area contributed by atoms with Crippen molar-refractivity contribution in [3.05, 3.63) is 11.8 Å². The molecule has 1 aromatic rings. The van der Waals surface area contributed by atoms with Crippen LogP contribution in [0, 0.1) is 5.92 Å². The van der Waals surface area contributed by atoms with Gasteiger partial charge in [-0.2, -0.15) is 0 Å². The summed E-state index contributed by atoms with van der Waals surface area (Å²) in [5.74, 6) is 1.92. The highest BCUT2D eigenvalue weighted by molar-refractivity contribution is 5.76. The molecule has 6 heteroatoms. The lowest BCUT2D eigenvalue weighted by molar-refractivity contribution is -0.122. The summed E-state index contributed by atoms with van der Waals surface area (Å²) in [7, 11) is 0. The fourth-order valence-electron chi connectivity index (χ4n) is 3.82. The first-order chi connectivity index (χ1) is 11.3. The van der Waals surface area contributed by atoms with Crippen LogP contribution in [0.5, 0.6) is 0 Å². The standard InChI is InChI=1S/C17H27N3O3/c21-11-13-7-3-4-8-14(13)18-15(22)9-10-16-19-20-17(23-16)12-5-1-2-6-12/h12-14,21H,1-11H2,(H,18,22). The van der Waals surface area contributed by atoms with E-state index in [1.807, 2.05) is 0 Å². The molecule has 0 spiro atoms. The largest absolute Gasteiger partial charge is 0.425 e. The first-order valence-corrected chi connectivity index (χ1v) is 8.98. The fraction of sp³-hybridized carbons (Fsp3) is 0.824. The van der Waals surface area contributed by atoms with Crippen molar-refractivity contribution < 1.29 is 14.3 Å². The van der Waals surface area contributed by atoms with Crippen LogP contribution in [0.15, 0.2) is 4.42 Å². The quantitative estimate of drug-likeness (QED) is 0.839. The van der Waals surface area contributed by atoms with Crippen LogP contribution in [0.2, 0.25) is 0 Å². The lowest BCUT2D eigenvalue weighted by Gasteiger charge is -2.30. The first kappa shape index (κ1) is 16.4. The number of aromatic nitrogens is 2. The highest BCUT2D eigenvalue weighted by atomic mass is 16.4. The van der Waals surface area contributed by atoms with Crippen LogP contribution in [0.3, 0.4) is 0 Å². The Bertz CT molecular complexity index is 511. The molecule has 1 aromatic heterocycles. The number of amides is 1. The Hall–Kier alpha value is -1.43. The monoisotopic (exact) mass is 321 g/mol. The second-order valence-corrected chi connectivity index (χ2v) is 6.92. The molecular weight excluding hydrogens is 294 g/mol. The van der Waals surface area contributed by atoms with Crippen LogP contribution >= 0.6 is 0 Å². The van der Waals surface area contributed by atoms with Crippen molar-refractivity contribution in [2.45, 2.75) is 76.2 Å². The molecular formula is C17H27N3O3. The van der Waals surface area contributed by atoms with E-state index in [9.17, 15) is 9.90 Å². The van der Waals surface area contributed by atoms with Gasteiger partial charge in [-0.25, -0.2) is 0 Å². The smallest absolute Gasteiger partial charge is 0.220 e. The number of aliphatic hydroxyl groups excluding tert-OH is 1. The first-order valence-electron chi connectivity index (χ1n) is 8.98. The summed E-state index contributed by atoms with van der Waals surface area (Å²) in [5, 5.41) is 20.7. The number of aryl methyl sites for hydroxylation is 1. The fourth-order valence-corrected chi connectivity index (χ4v) is 3.82. The number of nitrogens with one attached hydrogen (secondary N) is 1. The average molecular weight is 321 g/mol. The molecule has 6 nitrogen and oxygen atoms in total. The van der Waals surface area contributed by atoms with E-state index in [2.05, 4.69) is 15.5 Å². The van der Waals surface area contributed by atoms with Crippen molar-refractivity contribution in [2.75, 3.05) is 6.61 Å². The maximum atomic E-state index is 12.1. The van der Waals surface area contributed by atoms with E-state index < -0.39 is 0 Å². The maximum Gasteiger partial charge on any atom is 0.220 e. The highest BCUT2D eigenvalue weighted by Gasteiger charge is 2.26. The third-order valence-corrected chi connectivity index (χ3v) is 5.24. The summed E-state index contributed by atoms with van der Waals surface area (Å²) < 4.78 is 5.71. The predicted octanol–water partition coefficient (Wildman–Crippen LogP) is 2.33. The molecule has 23 heavy (non-hydrogen) atoms. The van der Waals surface area contributed by atoms with Gasteiger partial charge in [-0.1, -0.05) is 25.7 Å². The number of carbonyl (C=O) groups excluding carboxylic acids is 1. The Balaban J connectivity index is 1.45. The van der Waals surface area contributed by atoms with E-state index in [0.29, 0.717) is 24.7 Å². The molecule has 1 amide bonds. The number of rotatable bonds is 6. The molecule has 2 N–H and O–H groups in total. The number of hydrogen-bond donors (Lipinski definition) is 2. The Morgan fingerprint density at radius 3 is 2.65 bits per heavy atom. The summed E-state index contributed by atoms with van der Waals surface area (Å²) in [6.45, 7) is 0.152. The van der Waals surface area contributed by atoms with Gasteiger partial charge < -0.3 is 14.8 Å². The van der Waals surface area contributed by atoms with E-state index in [-0.39, 0.29) is 24.5 Å². The average Bonchev–Trinajstić information content (AvgIpc) is 3.24. The minimum absolute atomic E-state index is 0.0102. The van der Waals surface area contributed by atoms with Gasteiger partial charge in [0.05, 0.1) is 0 Å². The topological polar surface area (TPSA) is 88.2 Å². The van der Waals surface area contributed by atoms with Gasteiger partial charge in [0.25, 0.3) is 0 Å². The molecule has 1 heterocycles. The minimum atomic E-state index is 0.0102. The zero-order valence-corrected chi connectivity index (χ0v) is 13.7. The molecule has 3 rings (SSSR count). The normalized spacial score (nSPS) is 25.6. The minimum Gasteiger partial charge on any atom is -0.425 e. The van der Waals surface area contributed by atoms with Crippen molar-refractivity contribution in [2.24, 2.45) is 5.92 Å². The SMILES string of the molecule is O=C(CCc1nnc(C2CCCC2)o1)NC1CCCCC1CO. The Kier molecular flexibility index (Phi) is 5.65. The maximum absolute atomic E-state index is 12.1. The third-order valence-electron chi connectivity index (χ3n) is 5.24. The van der Waals surface area contributed by atoms with Crippen LogP contribution in [0.1, 0.15) is 75.5 Å². The highest BCUT2D eigenvalue weighted by Crippen LogP contribution is 2.33. The van der Waals surface area contributed by atoms with Crippen LogP contribution in [-0.4, -0.2) is 33.9 Å². The van der Waals surface area contributed by atoms with E-state index in [4.69, 9.17) is 4.42 Å². The lowest BCUT2D eigenvalue weighted by atomic mass is 9.85. The summed E-state index contributed by atoms with van der Waals surface area (Å²) in [5.41, 5.74) is 0. The molecule has 2 aliphatic carbocycles. The van der Waals surface area contributed by atoms with Crippen LogP contribution < -0.4 is 5.32 Å². The van der Waals surface area contributed by atoms with E-state index >= 15 is 0 Å². The molecule has 2 aliphatic rings. The second kappa shape index (κ2) is 7.90. The molecule has 2 fully saturated rings. The third kappa shape index (κ3) is 4.31. The lowest BCUT2D eigenvalue weighted by Crippen LogP contribution is -2.43. The van der Waals surface area contributed by atoms with Gasteiger partial charge in [0.2, 0.25) is 17.7 Å². The van der Waals surface area contributed by atoms with Crippen molar-refractivity contribution in [3.8, 4) is 0 Å². The summed E-state index contributed by atoms with van der Waals surface area (Å²) in [6, 6.07) is 0.109. The Labute approximate surface area is 137 Å². The number of carbonyl (C=O) groups is 1.